The topological polar surface area (TPSA) is 41.1 Å². The molecule has 0 spiro atoms. The van der Waals surface area contributed by atoms with Crippen molar-refractivity contribution in [3.63, 3.8) is 0 Å². The van der Waals surface area contributed by atoms with Crippen molar-refractivity contribution in [3.05, 3.63) is 35.6 Å². The van der Waals surface area contributed by atoms with E-state index in [0.717, 1.165) is 24.9 Å². The molecule has 1 aliphatic heterocycles. The Labute approximate surface area is 113 Å². The predicted octanol–water partition coefficient (Wildman–Crippen LogP) is 2.39. The van der Waals surface area contributed by atoms with E-state index in [9.17, 15) is 9.18 Å². The molecule has 4 heteroatoms. The van der Waals surface area contributed by atoms with Gasteiger partial charge in [0.1, 0.15) is 5.82 Å². The maximum Gasteiger partial charge on any atom is 0.223 e. The minimum absolute atomic E-state index is 0.0825. The molecule has 0 aliphatic carbocycles. The van der Waals surface area contributed by atoms with E-state index in [2.05, 4.69) is 17.6 Å². The van der Waals surface area contributed by atoms with Crippen molar-refractivity contribution in [1.29, 1.82) is 0 Å². The van der Waals surface area contributed by atoms with Crippen LogP contribution in [0.1, 0.15) is 38.3 Å². The normalized spacial score (nSPS) is 24.8. The molecule has 1 amide bonds. The predicted molar refractivity (Wildman–Crippen MR) is 73.1 cm³/mol. The summed E-state index contributed by atoms with van der Waals surface area (Å²) in [4.78, 5) is 12.2. The van der Waals surface area contributed by atoms with Gasteiger partial charge >= 0.3 is 0 Å². The van der Waals surface area contributed by atoms with Crippen LogP contribution in [0.4, 0.5) is 4.39 Å². The summed E-state index contributed by atoms with van der Waals surface area (Å²) in [5.74, 6) is -0.0706. The maximum atomic E-state index is 12.9. The van der Waals surface area contributed by atoms with Gasteiger partial charge in [-0.2, -0.15) is 0 Å². The number of nitrogens with one attached hydrogen (secondary N) is 2. The molecule has 1 fully saturated rings. The van der Waals surface area contributed by atoms with Gasteiger partial charge in [0.2, 0.25) is 5.91 Å². The fourth-order valence-electron chi connectivity index (χ4n) is 2.54. The average Bonchev–Trinajstić information content (AvgIpc) is 2.39. The van der Waals surface area contributed by atoms with Crippen molar-refractivity contribution in [1.82, 2.24) is 10.6 Å². The van der Waals surface area contributed by atoms with Crippen LogP contribution < -0.4 is 10.6 Å². The summed E-state index contributed by atoms with van der Waals surface area (Å²) in [7, 11) is 0. The van der Waals surface area contributed by atoms with Crippen LogP contribution in [0.2, 0.25) is 0 Å². The second-order valence-corrected chi connectivity index (χ2v) is 5.36. The summed E-state index contributed by atoms with van der Waals surface area (Å²) in [6, 6.07) is 6.58. The third kappa shape index (κ3) is 3.77. The molecule has 3 atom stereocenters. The smallest absolute Gasteiger partial charge is 0.223 e. The molecule has 0 aromatic heterocycles. The molecule has 0 radical (unpaired) electrons. The van der Waals surface area contributed by atoms with Crippen LogP contribution in [-0.2, 0) is 4.79 Å². The first-order valence-electron chi connectivity index (χ1n) is 6.85. The first-order chi connectivity index (χ1) is 9.06. The summed E-state index contributed by atoms with van der Waals surface area (Å²) in [5.41, 5.74) is 0.928. The van der Waals surface area contributed by atoms with Crippen molar-refractivity contribution >= 4 is 5.91 Å². The van der Waals surface area contributed by atoms with Gasteiger partial charge in [0, 0.05) is 12.0 Å². The van der Waals surface area contributed by atoms with Crippen LogP contribution in [0.15, 0.2) is 24.3 Å². The molecule has 1 aromatic carbocycles. The SMILES string of the molecule is CC1CC(C(=O)N[C@@H](C)c2ccc(F)cc2)CCN1. The summed E-state index contributed by atoms with van der Waals surface area (Å²) < 4.78 is 12.9. The Balaban J connectivity index is 1.92. The molecular weight excluding hydrogens is 243 g/mol. The van der Waals surface area contributed by atoms with Gasteiger partial charge in [-0.3, -0.25) is 4.79 Å². The van der Waals surface area contributed by atoms with Gasteiger partial charge in [-0.1, -0.05) is 12.1 Å². The Morgan fingerprint density at radius 1 is 1.42 bits per heavy atom. The molecule has 19 heavy (non-hydrogen) atoms. The van der Waals surface area contributed by atoms with Gasteiger partial charge in [-0.05, 0) is 50.9 Å². The van der Waals surface area contributed by atoms with Gasteiger partial charge in [0.05, 0.1) is 6.04 Å². The molecule has 1 aliphatic rings. The quantitative estimate of drug-likeness (QED) is 0.880. The number of hydrogen-bond acceptors (Lipinski definition) is 2. The third-order valence-electron chi connectivity index (χ3n) is 3.72. The molecule has 3 nitrogen and oxygen atoms in total. The summed E-state index contributed by atoms with van der Waals surface area (Å²) in [5, 5.41) is 6.35. The molecular formula is C15H21FN2O. The lowest BCUT2D eigenvalue weighted by atomic mass is 9.92. The Morgan fingerprint density at radius 3 is 2.74 bits per heavy atom. The summed E-state index contributed by atoms with van der Waals surface area (Å²) in [6.45, 7) is 4.92. The van der Waals surface area contributed by atoms with Gasteiger partial charge in [-0.25, -0.2) is 4.39 Å². The monoisotopic (exact) mass is 264 g/mol. The first kappa shape index (κ1) is 14.0. The average molecular weight is 264 g/mol. The largest absolute Gasteiger partial charge is 0.349 e. The minimum atomic E-state index is -0.255. The van der Waals surface area contributed by atoms with Crippen LogP contribution >= 0.6 is 0 Å². The van der Waals surface area contributed by atoms with Crippen LogP contribution in [-0.4, -0.2) is 18.5 Å². The highest BCUT2D eigenvalue weighted by Crippen LogP contribution is 2.19. The highest BCUT2D eigenvalue weighted by molar-refractivity contribution is 5.79. The second kappa shape index (κ2) is 6.15. The third-order valence-corrected chi connectivity index (χ3v) is 3.72. The number of carbonyl (C=O) groups excluding carboxylic acids is 1. The number of hydrogen-bond donors (Lipinski definition) is 2. The van der Waals surface area contributed by atoms with Crippen molar-refractivity contribution in [2.75, 3.05) is 6.54 Å². The zero-order valence-corrected chi connectivity index (χ0v) is 11.4. The van der Waals surface area contributed by atoms with E-state index in [1.165, 1.54) is 12.1 Å². The molecule has 2 unspecified atom stereocenters. The lowest BCUT2D eigenvalue weighted by molar-refractivity contribution is -0.126. The van der Waals surface area contributed by atoms with E-state index >= 15 is 0 Å². The van der Waals surface area contributed by atoms with Crippen molar-refractivity contribution in [2.45, 2.75) is 38.8 Å². The van der Waals surface area contributed by atoms with Gasteiger partial charge < -0.3 is 10.6 Å². The first-order valence-corrected chi connectivity index (χ1v) is 6.85. The molecule has 2 N–H and O–H groups in total. The molecule has 2 rings (SSSR count). The van der Waals surface area contributed by atoms with E-state index in [4.69, 9.17) is 0 Å². The Bertz CT molecular complexity index is 432. The number of amides is 1. The number of carbonyl (C=O) groups is 1. The number of halogens is 1. The molecule has 0 saturated carbocycles. The number of benzene rings is 1. The molecule has 0 bridgehead atoms. The zero-order chi connectivity index (χ0) is 13.8. The highest BCUT2D eigenvalue weighted by Gasteiger charge is 2.25. The van der Waals surface area contributed by atoms with E-state index in [0.29, 0.717) is 6.04 Å². The van der Waals surface area contributed by atoms with Crippen LogP contribution in [0, 0.1) is 11.7 Å². The molecule has 1 saturated heterocycles. The molecule has 1 heterocycles. The standard InChI is InChI=1S/C15H21FN2O/c1-10-9-13(7-8-17-10)15(19)18-11(2)12-3-5-14(16)6-4-12/h3-6,10-11,13,17H,7-9H2,1-2H3,(H,18,19)/t10?,11-,13?/m0/s1. The lowest BCUT2D eigenvalue weighted by Crippen LogP contribution is -2.42. The zero-order valence-electron chi connectivity index (χ0n) is 11.4. The van der Waals surface area contributed by atoms with E-state index < -0.39 is 0 Å². The van der Waals surface area contributed by atoms with Crippen LogP contribution in [0.25, 0.3) is 0 Å². The number of rotatable bonds is 3. The molecule has 1 aromatic rings. The van der Waals surface area contributed by atoms with Crippen LogP contribution in [0.5, 0.6) is 0 Å². The number of piperidine rings is 1. The summed E-state index contributed by atoms with van der Waals surface area (Å²) in [6.07, 6.45) is 1.76. The van der Waals surface area contributed by atoms with Crippen molar-refractivity contribution in [2.24, 2.45) is 5.92 Å². The Kier molecular flexibility index (Phi) is 4.53. The molecule has 104 valence electrons. The van der Waals surface area contributed by atoms with E-state index in [-0.39, 0.29) is 23.7 Å². The lowest BCUT2D eigenvalue weighted by Gasteiger charge is -2.28. The highest BCUT2D eigenvalue weighted by atomic mass is 19.1. The van der Waals surface area contributed by atoms with E-state index in [1.807, 2.05) is 6.92 Å². The maximum absolute atomic E-state index is 12.9. The van der Waals surface area contributed by atoms with Gasteiger partial charge in [0.25, 0.3) is 0 Å². The van der Waals surface area contributed by atoms with E-state index in [1.54, 1.807) is 12.1 Å². The summed E-state index contributed by atoms with van der Waals surface area (Å²) >= 11 is 0. The van der Waals surface area contributed by atoms with Gasteiger partial charge in [0.15, 0.2) is 0 Å². The van der Waals surface area contributed by atoms with Crippen molar-refractivity contribution < 1.29 is 9.18 Å². The second-order valence-electron chi connectivity index (χ2n) is 5.36. The van der Waals surface area contributed by atoms with Crippen LogP contribution in [0.3, 0.4) is 0 Å². The van der Waals surface area contributed by atoms with Gasteiger partial charge in [-0.15, -0.1) is 0 Å². The Morgan fingerprint density at radius 2 is 2.11 bits per heavy atom. The fraction of sp³-hybridized carbons (Fsp3) is 0.533. The minimum Gasteiger partial charge on any atom is -0.349 e. The Hall–Kier alpha value is -1.42. The fourth-order valence-corrected chi connectivity index (χ4v) is 2.54. The van der Waals surface area contributed by atoms with Crippen molar-refractivity contribution in [3.8, 4) is 0 Å².